The Balaban J connectivity index is 2.82. The molecule has 0 aromatic heterocycles. The van der Waals surface area contributed by atoms with E-state index in [1.165, 1.54) is 12.1 Å². The van der Waals surface area contributed by atoms with E-state index in [4.69, 9.17) is 0 Å². The summed E-state index contributed by atoms with van der Waals surface area (Å²) >= 11 is 0. The number of Topliss-reactive ketones (excluding diaryl/α,β-unsaturated/α-hetero) is 2. The third kappa shape index (κ3) is 2.76. The Hall–Kier alpha value is -1.97. The molecule has 1 rings (SSSR count). The molecule has 0 aliphatic heterocycles. The van der Waals surface area contributed by atoms with Crippen molar-refractivity contribution in [3.63, 3.8) is 0 Å². The molecule has 4 nitrogen and oxygen atoms in total. The first-order valence-corrected chi connectivity index (χ1v) is 4.88. The summed E-state index contributed by atoms with van der Waals surface area (Å²) in [6.45, 7) is 3.51. The Morgan fingerprint density at radius 3 is 2.19 bits per heavy atom. The SMILES string of the molecule is CCOC(=O)C(=O)C(=O)c1ccc(C)cc1. The van der Waals surface area contributed by atoms with E-state index in [0.29, 0.717) is 0 Å². The largest absolute Gasteiger partial charge is 0.460 e. The molecule has 0 aliphatic carbocycles. The number of ketones is 2. The fourth-order valence-corrected chi connectivity index (χ4v) is 1.13. The molecule has 0 radical (unpaired) electrons. The maximum absolute atomic E-state index is 11.5. The van der Waals surface area contributed by atoms with Crippen LogP contribution in [0.15, 0.2) is 24.3 Å². The van der Waals surface area contributed by atoms with Crippen molar-refractivity contribution in [2.75, 3.05) is 6.61 Å². The Bertz CT molecular complexity index is 417. The maximum Gasteiger partial charge on any atom is 0.383 e. The molecule has 0 fully saturated rings. The molecule has 84 valence electrons. The van der Waals surface area contributed by atoms with Gasteiger partial charge in [0.05, 0.1) is 6.61 Å². The minimum Gasteiger partial charge on any atom is -0.460 e. The summed E-state index contributed by atoms with van der Waals surface area (Å²) in [5, 5.41) is 0. The average Bonchev–Trinajstić information content (AvgIpc) is 2.28. The van der Waals surface area contributed by atoms with E-state index in [-0.39, 0.29) is 12.2 Å². The van der Waals surface area contributed by atoms with Crippen LogP contribution in [0.4, 0.5) is 0 Å². The monoisotopic (exact) mass is 220 g/mol. The molecule has 0 spiro atoms. The summed E-state index contributed by atoms with van der Waals surface area (Å²) in [7, 11) is 0. The van der Waals surface area contributed by atoms with E-state index in [2.05, 4.69) is 4.74 Å². The number of carbonyl (C=O) groups is 3. The van der Waals surface area contributed by atoms with Gasteiger partial charge in [-0.1, -0.05) is 29.8 Å². The second-order valence-electron chi connectivity index (χ2n) is 3.24. The van der Waals surface area contributed by atoms with Gasteiger partial charge in [-0.15, -0.1) is 0 Å². The highest BCUT2D eigenvalue weighted by Gasteiger charge is 2.25. The van der Waals surface area contributed by atoms with Crippen LogP contribution in [0, 0.1) is 6.92 Å². The minimum absolute atomic E-state index is 0.0751. The molecule has 0 atom stereocenters. The van der Waals surface area contributed by atoms with Gasteiger partial charge in [-0.3, -0.25) is 9.59 Å². The number of esters is 1. The molecule has 0 heterocycles. The van der Waals surface area contributed by atoms with Crippen molar-refractivity contribution in [1.82, 2.24) is 0 Å². The van der Waals surface area contributed by atoms with Crippen LogP contribution < -0.4 is 0 Å². The molecule has 0 unspecified atom stereocenters. The molecule has 0 bridgehead atoms. The molecule has 1 aromatic rings. The zero-order chi connectivity index (χ0) is 12.1. The van der Waals surface area contributed by atoms with Gasteiger partial charge in [0.2, 0.25) is 5.78 Å². The van der Waals surface area contributed by atoms with Crippen molar-refractivity contribution in [2.24, 2.45) is 0 Å². The number of carbonyl (C=O) groups excluding carboxylic acids is 3. The highest BCUT2D eigenvalue weighted by atomic mass is 16.5. The van der Waals surface area contributed by atoms with Crippen LogP contribution in [0.5, 0.6) is 0 Å². The van der Waals surface area contributed by atoms with E-state index in [1.807, 2.05) is 6.92 Å². The predicted molar refractivity (Wildman–Crippen MR) is 57.1 cm³/mol. The molecule has 0 saturated carbocycles. The summed E-state index contributed by atoms with van der Waals surface area (Å²) in [5.41, 5.74) is 1.17. The first kappa shape index (κ1) is 12.1. The van der Waals surface area contributed by atoms with E-state index in [0.717, 1.165) is 5.56 Å². The summed E-state index contributed by atoms with van der Waals surface area (Å²) < 4.78 is 4.46. The second-order valence-corrected chi connectivity index (χ2v) is 3.24. The van der Waals surface area contributed by atoms with Crippen LogP contribution in [0.25, 0.3) is 0 Å². The molecular formula is C12H12O4. The highest BCUT2D eigenvalue weighted by Crippen LogP contribution is 2.05. The molecule has 0 N–H and O–H groups in total. The van der Waals surface area contributed by atoms with Gasteiger partial charge >= 0.3 is 11.8 Å². The zero-order valence-corrected chi connectivity index (χ0v) is 9.15. The van der Waals surface area contributed by atoms with Crippen molar-refractivity contribution in [3.8, 4) is 0 Å². The number of rotatable bonds is 4. The van der Waals surface area contributed by atoms with Crippen molar-refractivity contribution >= 4 is 17.5 Å². The molecule has 4 heteroatoms. The van der Waals surface area contributed by atoms with Crippen LogP contribution in [-0.2, 0) is 14.3 Å². The van der Waals surface area contributed by atoms with Gasteiger partial charge < -0.3 is 4.74 Å². The lowest BCUT2D eigenvalue weighted by atomic mass is 10.1. The van der Waals surface area contributed by atoms with Gasteiger partial charge in [0.15, 0.2) is 0 Å². The average molecular weight is 220 g/mol. The number of benzene rings is 1. The predicted octanol–water partition coefficient (Wildman–Crippen LogP) is 1.31. The maximum atomic E-state index is 11.5. The van der Waals surface area contributed by atoms with Crippen LogP contribution in [0.1, 0.15) is 22.8 Å². The summed E-state index contributed by atoms with van der Waals surface area (Å²) in [4.78, 5) is 33.8. The molecule has 1 aromatic carbocycles. The van der Waals surface area contributed by atoms with Gasteiger partial charge in [-0.25, -0.2) is 4.79 Å². The molecular weight excluding hydrogens is 208 g/mol. The van der Waals surface area contributed by atoms with Gasteiger partial charge in [-0.05, 0) is 13.8 Å². The first-order valence-electron chi connectivity index (χ1n) is 4.88. The van der Waals surface area contributed by atoms with Crippen LogP contribution in [-0.4, -0.2) is 24.1 Å². The minimum atomic E-state index is -1.13. The van der Waals surface area contributed by atoms with Gasteiger partial charge in [0, 0.05) is 5.56 Å². The first-order chi connectivity index (χ1) is 7.56. The van der Waals surface area contributed by atoms with Crippen molar-refractivity contribution in [3.05, 3.63) is 35.4 Å². The van der Waals surface area contributed by atoms with Gasteiger partial charge in [-0.2, -0.15) is 0 Å². The standard InChI is InChI=1S/C12H12O4/c1-3-16-12(15)11(14)10(13)9-6-4-8(2)5-7-9/h4-7H,3H2,1-2H3. The quantitative estimate of drug-likeness (QED) is 0.332. The highest BCUT2D eigenvalue weighted by molar-refractivity contribution is 6.65. The van der Waals surface area contributed by atoms with E-state index >= 15 is 0 Å². The van der Waals surface area contributed by atoms with Crippen LogP contribution in [0.2, 0.25) is 0 Å². The smallest absolute Gasteiger partial charge is 0.383 e. The van der Waals surface area contributed by atoms with E-state index in [1.54, 1.807) is 19.1 Å². The Labute approximate surface area is 93.2 Å². The Kier molecular flexibility index (Phi) is 3.94. The van der Waals surface area contributed by atoms with Crippen molar-refractivity contribution in [2.45, 2.75) is 13.8 Å². The van der Waals surface area contributed by atoms with Crippen LogP contribution >= 0.6 is 0 Å². The summed E-state index contributed by atoms with van der Waals surface area (Å²) in [5.74, 6) is -3.07. The zero-order valence-electron chi connectivity index (χ0n) is 9.15. The van der Waals surface area contributed by atoms with E-state index < -0.39 is 17.5 Å². The number of aryl methyl sites for hydroxylation is 1. The summed E-state index contributed by atoms with van der Waals surface area (Å²) in [6.07, 6.45) is 0. The lowest BCUT2D eigenvalue weighted by Crippen LogP contribution is -2.26. The fourth-order valence-electron chi connectivity index (χ4n) is 1.13. The lowest BCUT2D eigenvalue weighted by Gasteiger charge is -2.00. The van der Waals surface area contributed by atoms with Crippen molar-refractivity contribution in [1.29, 1.82) is 0 Å². The Morgan fingerprint density at radius 2 is 1.69 bits per heavy atom. The third-order valence-corrected chi connectivity index (χ3v) is 1.98. The second kappa shape index (κ2) is 5.21. The molecule has 0 amide bonds. The van der Waals surface area contributed by atoms with Crippen molar-refractivity contribution < 1.29 is 19.1 Å². The third-order valence-electron chi connectivity index (χ3n) is 1.98. The van der Waals surface area contributed by atoms with Gasteiger partial charge in [0.25, 0.3) is 0 Å². The number of hydrogen-bond acceptors (Lipinski definition) is 4. The Morgan fingerprint density at radius 1 is 1.12 bits per heavy atom. The van der Waals surface area contributed by atoms with E-state index in [9.17, 15) is 14.4 Å². The topological polar surface area (TPSA) is 60.4 Å². The molecule has 0 aliphatic rings. The lowest BCUT2D eigenvalue weighted by molar-refractivity contribution is -0.151. The number of hydrogen-bond donors (Lipinski definition) is 0. The normalized spacial score (nSPS) is 9.62. The fraction of sp³-hybridized carbons (Fsp3) is 0.250. The molecule has 0 saturated heterocycles. The van der Waals surface area contributed by atoms with Gasteiger partial charge in [0.1, 0.15) is 0 Å². The molecule has 16 heavy (non-hydrogen) atoms. The number of ether oxygens (including phenoxy) is 1. The van der Waals surface area contributed by atoms with Crippen LogP contribution in [0.3, 0.4) is 0 Å². The summed E-state index contributed by atoms with van der Waals surface area (Å²) in [6, 6.07) is 6.42.